The van der Waals surface area contributed by atoms with E-state index in [4.69, 9.17) is 4.74 Å². The zero-order chi connectivity index (χ0) is 20.6. The molecule has 3 rings (SSSR count). The number of hydrogen-bond donors (Lipinski definition) is 2. The fraction of sp³-hybridized carbons (Fsp3) is 0.227. The highest BCUT2D eigenvalue weighted by atomic mass is 16.5. The van der Waals surface area contributed by atoms with E-state index in [1.54, 1.807) is 59.5 Å². The quantitative estimate of drug-likeness (QED) is 0.765. The number of rotatable bonds is 5. The Bertz CT molecular complexity index is 916. The Kier molecular flexibility index (Phi) is 6.76. The van der Waals surface area contributed by atoms with E-state index in [1.807, 2.05) is 0 Å². The van der Waals surface area contributed by atoms with Crippen molar-refractivity contribution in [2.75, 3.05) is 36.9 Å². The van der Waals surface area contributed by atoms with Crippen molar-refractivity contribution < 1.29 is 19.1 Å². The van der Waals surface area contributed by atoms with Gasteiger partial charge in [0.1, 0.15) is 0 Å². The minimum absolute atomic E-state index is 0.0702. The Morgan fingerprint density at radius 2 is 1.69 bits per heavy atom. The highest BCUT2D eigenvalue weighted by Gasteiger charge is 2.18. The third kappa shape index (κ3) is 6.02. The Morgan fingerprint density at radius 1 is 0.966 bits per heavy atom. The molecule has 0 radical (unpaired) electrons. The molecule has 29 heavy (non-hydrogen) atoms. The van der Waals surface area contributed by atoms with Gasteiger partial charge in [-0.05, 0) is 42.0 Å². The Labute approximate surface area is 169 Å². The summed E-state index contributed by atoms with van der Waals surface area (Å²) in [5, 5.41) is 5.46. The molecule has 0 atom stereocenters. The highest BCUT2D eigenvalue weighted by molar-refractivity contribution is 6.03. The van der Waals surface area contributed by atoms with Crippen LogP contribution >= 0.6 is 0 Å². The first-order valence-corrected chi connectivity index (χ1v) is 9.35. The molecule has 0 saturated carbocycles. The molecule has 0 bridgehead atoms. The summed E-state index contributed by atoms with van der Waals surface area (Å²) in [4.78, 5) is 37.6. The van der Waals surface area contributed by atoms with Crippen molar-refractivity contribution in [1.82, 2.24) is 4.90 Å². The van der Waals surface area contributed by atoms with E-state index in [2.05, 4.69) is 10.6 Å². The summed E-state index contributed by atoms with van der Waals surface area (Å²) >= 11 is 0. The van der Waals surface area contributed by atoms with Gasteiger partial charge in [0.25, 0.3) is 5.91 Å². The van der Waals surface area contributed by atoms with Crippen LogP contribution in [0.4, 0.5) is 11.4 Å². The molecule has 7 heteroatoms. The maximum Gasteiger partial charge on any atom is 0.254 e. The van der Waals surface area contributed by atoms with Crippen molar-refractivity contribution in [2.24, 2.45) is 0 Å². The first-order chi connectivity index (χ1) is 14.0. The van der Waals surface area contributed by atoms with Crippen molar-refractivity contribution in [1.29, 1.82) is 0 Å². The van der Waals surface area contributed by atoms with Gasteiger partial charge in [-0.25, -0.2) is 0 Å². The van der Waals surface area contributed by atoms with E-state index < -0.39 is 0 Å². The van der Waals surface area contributed by atoms with Gasteiger partial charge in [0, 0.05) is 43.0 Å². The van der Waals surface area contributed by atoms with Crippen LogP contribution < -0.4 is 10.6 Å². The minimum Gasteiger partial charge on any atom is -0.378 e. The lowest BCUT2D eigenvalue weighted by Crippen LogP contribution is -2.40. The number of hydrogen-bond acceptors (Lipinski definition) is 4. The molecule has 7 nitrogen and oxygen atoms in total. The molecule has 150 valence electrons. The summed E-state index contributed by atoms with van der Waals surface area (Å²) in [5.41, 5.74) is 2.60. The SMILES string of the molecule is CC(=O)Nc1ccc(/C=C/C(=O)Nc2cccc(C(=O)N3CCOCC3)c2)cc1. The maximum atomic E-state index is 12.6. The summed E-state index contributed by atoms with van der Waals surface area (Å²) < 4.78 is 5.27. The molecule has 0 aliphatic carbocycles. The number of anilines is 2. The van der Waals surface area contributed by atoms with Crippen molar-refractivity contribution in [2.45, 2.75) is 6.92 Å². The number of carbonyl (C=O) groups excluding carboxylic acids is 3. The largest absolute Gasteiger partial charge is 0.378 e. The van der Waals surface area contributed by atoms with Crippen molar-refractivity contribution in [3.8, 4) is 0 Å². The molecule has 0 spiro atoms. The van der Waals surface area contributed by atoms with E-state index in [9.17, 15) is 14.4 Å². The van der Waals surface area contributed by atoms with Crippen LogP contribution in [0.1, 0.15) is 22.8 Å². The van der Waals surface area contributed by atoms with Crippen molar-refractivity contribution >= 4 is 35.2 Å². The number of ether oxygens (including phenoxy) is 1. The molecule has 0 aromatic heterocycles. The third-order valence-corrected chi connectivity index (χ3v) is 4.33. The average Bonchev–Trinajstić information content (AvgIpc) is 2.73. The van der Waals surface area contributed by atoms with Crippen LogP contribution in [-0.4, -0.2) is 48.9 Å². The molecule has 1 aliphatic rings. The molecular weight excluding hydrogens is 370 g/mol. The lowest BCUT2D eigenvalue weighted by molar-refractivity contribution is -0.114. The molecule has 1 fully saturated rings. The molecule has 0 unspecified atom stereocenters. The topological polar surface area (TPSA) is 87.7 Å². The van der Waals surface area contributed by atoms with Crippen molar-refractivity contribution in [3.63, 3.8) is 0 Å². The molecule has 1 saturated heterocycles. The first-order valence-electron chi connectivity index (χ1n) is 9.35. The van der Waals surface area contributed by atoms with Gasteiger partial charge in [-0.1, -0.05) is 18.2 Å². The Hall–Kier alpha value is -3.45. The summed E-state index contributed by atoms with van der Waals surface area (Å²) in [5.74, 6) is -0.506. The molecular formula is C22H23N3O4. The number of morpholine rings is 1. The second-order valence-electron chi connectivity index (χ2n) is 6.61. The molecule has 1 heterocycles. The summed E-state index contributed by atoms with van der Waals surface area (Å²) in [6.07, 6.45) is 3.10. The summed E-state index contributed by atoms with van der Waals surface area (Å²) in [6, 6.07) is 14.0. The molecule has 2 aromatic rings. The van der Waals surface area contributed by atoms with Gasteiger partial charge in [0.15, 0.2) is 0 Å². The Balaban J connectivity index is 1.59. The van der Waals surface area contributed by atoms with E-state index in [-0.39, 0.29) is 17.7 Å². The van der Waals surface area contributed by atoms with Crippen LogP contribution in [0, 0.1) is 0 Å². The van der Waals surface area contributed by atoms with E-state index in [1.165, 1.54) is 13.0 Å². The predicted octanol–water partition coefficient (Wildman–Crippen LogP) is 2.77. The van der Waals surface area contributed by atoms with Crippen LogP contribution in [0.5, 0.6) is 0 Å². The van der Waals surface area contributed by atoms with Gasteiger partial charge in [0.2, 0.25) is 11.8 Å². The molecule has 2 aromatic carbocycles. The van der Waals surface area contributed by atoms with E-state index in [0.717, 1.165) is 5.56 Å². The number of benzene rings is 2. The highest BCUT2D eigenvalue weighted by Crippen LogP contribution is 2.15. The van der Waals surface area contributed by atoms with Gasteiger partial charge >= 0.3 is 0 Å². The lowest BCUT2D eigenvalue weighted by Gasteiger charge is -2.27. The lowest BCUT2D eigenvalue weighted by atomic mass is 10.1. The monoisotopic (exact) mass is 393 g/mol. The number of nitrogens with one attached hydrogen (secondary N) is 2. The average molecular weight is 393 g/mol. The maximum absolute atomic E-state index is 12.6. The minimum atomic E-state index is -0.299. The fourth-order valence-electron chi connectivity index (χ4n) is 2.92. The van der Waals surface area contributed by atoms with Crippen LogP contribution in [0.25, 0.3) is 6.08 Å². The third-order valence-electron chi connectivity index (χ3n) is 4.33. The Morgan fingerprint density at radius 3 is 2.38 bits per heavy atom. The predicted molar refractivity (Wildman–Crippen MR) is 112 cm³/mol. The van der Waals surface area contributed by atoms with Gasteiger partial charge in [-0.2, -0.15) is 0 Å². The van der Waals surface area contributed by atoms with E-state index >= 15 is 0 Å². The van der Waals surface area contributed by atoms with Crippen LogP contribution in [0.15, 0.2) is 54.6 Å². The van der Waals surface area contributed by atoms with Gasteiger partial charge in [-0.3, -0.25) is 14.4 Å². The number of carbonyl (C=O) groups is 3. The first kappa shape index (κ1) is 20.3. The zero-order valence-electron chi connectivity index (χ0n) is 16.2. The van der Waals surface area contributed by atoms with Crippen LogP contribution in [-0.2, 0) is 14.3 Å². The zero-order valence-corrected chi connectivity index (χ0v) is 16.2. The van der Waals surface area contributed by atoms with E-state index in [0.29, 0.717) is 43.2 Å². The number of nitrogens with zero attached hydrogens (tertiary/aromatic N) is 1. The van der Waals surface area contributed by atoms with Gasteiger partial charge in [0.05, 0.1) is 13.2 Å². The normalized spacial score (nSPS) is 13.9. The van der Waals surface area contributed by atoms with Crippen LogP contribution in [0.3, 0.4) is 0 Å². The second-order valence-corrected chi connectivity index (χ2v) is 6.61. The summed E-state index contributed by atoms with van der Waals surface area (Å²) in [7, 11) is 0. The van der Waals surface area contributed by atoms with Crippen LogP contribution in [0.2, 0.25) is 0 Å². The standard InChI is InChI=1S/C22H23N3O4/c1-16(26)23-19-8-5-17(6-9-19)7-10-21(27)24-20-4-2-3-18(15-20)22(28)25-11-13-29-14-12-25/h2-10,15H,11-14H2,1H3,(H,23,26)(H,24,27)/b10-7+. The fourth-order valence-corrected chi connectivity index (χ4v) is 2.92. The second kappa shape index (κ2) is 9.66. The summed E-state index contributed by atoms with van der Waals surface area (Å²) in [6.45, 7) is 3.66. The molecule has 2 N–H and O–H groups in total. The smallest absolute Gasteiger partial charge is 0.254 e. The van der Waals surface area contributed by atoms with Gasteiger partial charge < -0.3 is 20.3 Å². The van der Waals surface area contributed by atoms with Gasteiger partial charge in [-0.15, -0.1) is 0 Å². The molecule has 1 aliphatic heterocycles. The molecule has 3 amide bonds. The number of amides is 3. The van der Waals surface area contributed by atoms with Crippen molar-refractivity contribution in [3.05, 3.63) is 65.7 Å².